The smallest absolute Gasteiger partial charge is 0.258 e. The molecule has 162 valence electrons. The maximum absolute atomic E-state index is 6.28. The Labute approximate surface area is 183 Å². The maximum Gasteiger partial charge on any atom is 0.258 e. The highest BCUT2D eigenvalue weighted by atomic mass is 16.5. The number of hydrogen-bond acceptors (Lipinski definition) is 7. The third-order valence-corrected chi connectivity index (χ3v) is 5.79. The molecule has 0 amide bonds. The summed E-state index contributed by atoms with van der Waals surface area (Å²) in [5.74, 6) is 1.23. The first-order chi connectivity index (χ1) is 14.8. The Morgan fingerprint density at radius 2 is 1.94 bits per heavy atom. The van der Waals surface area contributed by atoms with Crippen molar-refractivity contribution in [2.75, 3.05) is 25.1 Å². The van der Waals surface area contributed by atoms with Crippen LogP contribution in [0.4, 0.5) is 11.6 Å². The van der Waals surface area contributed by atoms with E-state index in [-0.39, 0.29) is 17.8 Å². The normalized spacial score (nSPS) is 15.0. The van der Waals surface area contributed by atoms with Gasteiger partial charge in [-0.15, -0.1) is 0 Å². The standard InChI is InChI=1S/C24H30N6O/c1-14(2)22(16-5-7-27-21(25)11-16)31-24-23(26)28-12-20(29-24)17-9-15(3)19-6-8-30(4)13-18(19)10-17/h5,7,9-12,14,22H,6,8,13H2,1-4H3,(H2,25,27)(H2,26,28). The van der Waals surface area contributed by atoms with E-state index >= 15 is 0 Å². The van der Waals surface area contributed by atoms with Crippen LogP contribution >= 0.6 is 0 Å². The molecule has 1 aliphatic heterocycles. The van der Waals surface area contributed by atoms with Crippen molar-refractivity contribution in [3.8, 4) is 17.1 Å². The number of aryl methyl sites for hydroxylation is 1. The summed E-state index contributed by atoms with van der Waals surface area (Å²) in [6.45, 7) is 8.35. The lowest BCUT2D eigenvalue weighted by Crippen LogP contribution is -2.27. The lowest BCUT2D eigenvalue weighted by Gasteiger charge is -2.27. The average molecular weight is 419 g/mol. The zero-order valence-electron chi connectivity index (χ0n) is 18.6. The molecule has 7 nitrogen and oxygen atoms in total. The fraction of sp³-hybridized carbons (Fsp3) is 0.375. The van der Waals surface area contributed by atoms with E-state index in [9.17, 15) is 0 Å². The number of anilines is 2. The Morgan fingerprint density at radius 3 is 2.68 bits per heavy atom. The topological polar surface area (TPSA) is 103 Å². The van der Waals surface area contributed by atoms with Gasteiger partial charge in [-0.1, -0.05) is 13.8 Å². The number of benzene rings is 1. The van der Waals surface area contributed by atoms with Gasteiger partial charge in [0, 0.05) is 24.8 Å². The van der Waals surface area contributed by atoms with E-state index in [1.807, 2.05) is 12.1 Å². The van der Waals surface area contributed by atoms with Crippen LogP contribution < -0.4 is 16.2 Å². The van der Waals surface area contributed by atoms with Crippen molar-refractivity contribution >= 4 is 11.6 Å². The molecule has 7 heteroatoms. The van der Waals surface area contributed by atoms with Gasteiger partial charge < -0.3 is 21.1 Å². The van der Waals surface area contributed by atoms with Crippen molar-refractivity contribution in [2.24, 2.45) is 5.92 Å². The number of pyridine rings is 1. The van der Waals surface area contributed by atoms with Gasteiger partial charge >= 0.3 is 0 Å². The van der Waals surface area contributed by atoms with Crippen molar-refractivity contribution in [3.63, 3.8) is 0 Å². The van der Waals surface area contributed by atoms with Gasteiger partial charge in [-0.3, -0.25) is 0 Å². The van der Waals surface area contributed by atoms with Crippen LogP contribution in [0, 0.1) is 12.8 Å². The van der Waals surface area contributed by atoms with Crippen molar-refractivity contribution in [3.05, 3.63) is 58.9 Å². The number of fused-ring (bicyclic) bond motifs is 1. The molecule has 0 saturated heterocycles. The summed E-state index contributed by atoms with van der Waals surface area (Å²) in [7, 11) is 2.15. The van der Waals surface area contributed by atoms with Gasteiger partial charge in [0.25, 0.3) is 5.88 Å². The lowest BCUT2D eigenvalue weighted by molar-refractivity contribution is 0.147. The molecule has 1 atom stereocenters. The highest BCUT2D eigenvalue weighted by molar-refractivity contribution is 5.64. The van der Waals surface area contributed by atoms with Crippen molar-refractivity contribution < 1.29 is 4.74 Å². The van der Waals surface area contributed by atoms with Gasteiger partial charge in [-0.05, 0) is 72.8 Å². The molecule has 0 radical (unpaired) electrons. The highest BCUT2D eigenvalue weighted by Gasteiger charge is 2.22. The summed E-state index contributed by atoms with van der Waals surface area (Å²) >= 11 is 0. The minimum Gasteiger partial charge on any atom is -0.467 e. The molecule has 1 aromatic carbocycles. The number of nitrogen functional groups attached to an aromatic ring is 2. The van der Waals surface area contributed by atoms with Crippen LogP contribution in [0.1, 0.15) is 42.2 Å². The van der Waals surface area contributed by atoms with Crippen LogP contribution in [0.2, 0.25) is 0 Å². The van der Waals surface area contributed by atoms with Crippen LogP contribution in [0.3, 0.4) is 0 Å². The van der Waals surface area contributed by atoms with Gasteiger partial charge in [0.1, 0.15) is 11.9 Å². The number of rotatable bonds is 5. The average Bonchev–Trinajstić information content (AvgIpc) is 2.72. The number of ether oxygens (including phenoxy) is 1. The van der Waals surface area contributed by atoms with Gasteiger partial charge in [0.15, 0.2) is 5.82 Å². The molecule has 1 aliphatic rings. The Morgan fingerprint density at radius 1 is 1.13 bits per heavy atom. The Bertz CT molecular complexity index is 1100. The van der Waals surface area contributed by atoms with E-state index in [1.165, 1.54) is 16.7 Å². The SMILES string of the molecule is Cc1cc(-c2cnc(N)c(OC(c3ccnc(N)c3)C(C)C)n2)cc2c1CCN(C)C2. The van der Waals surface area contributed by atoms with Gasteiger partial charge in [0.05, 0.1) is 11.9 Å². The minimum absolute atomic E-state index is 0.174. The van der Waals surface area contributed by atoms with E-state index in [2.05, 4.69) is 54.8 Å². The molecule has 0 spiro atoms. The summed E-state index contributed by atoms with van der Waals surface area (Å²) in [4.78, 5) is 15.5. The van der Waals surface area contributed by atoms with Crippen molar-refractivity contribution in [1.29, 1.82) is 0 Å². The van der Waals surface area contributed by atoms with E-state index in [1.54, 1.807) is 12.4 Å². The number of nitrogens with zero attached hydrogens (tertiary/aromatic N) is 4. The van der Waals surface area contributed by atoms with Crippen LogP contribution in [0.5, 0.6) is 5.88 Å². The van der Waals surface area contributed by atoms with Crippen LogP contribution in [-0.4, -0.2) is 33.4 Å². The molecule has 2 aromatic heterocycles. The molecule has 0 saturated carbocycles. The summed E-state index contributed by atoms with van der Waals surface area (Å²) in [6, 6.07) is 8.11. The summed E-state index contributed by atoms with van der Waals surface area (Å²) < 4.78 is 6.28. The second kappa shape index (κ2) is 8.51. The summed E-state index contributed by atoms with van der Waals surface area (Å²) in [5.41, 5.74) is 18.8. The minimum atomic E-state index is -0.268. The van der Waals surface area contributed by atoms with E-state index in [4.69, 9.17) is 21.2 Å². The monoisotopic (exact) mass is 418 g/mol. The molecule has 0 aliphatic carbocycles. The van der Waals surface area contributed by atoms with E-state index in [0.717, 1.165) is 36.3 Å². The second-order valence-corrected chi connectivity index (χ2v) is 8.66. The summed E-state index contributed by atoms with van der Waals surface area (Å²) in [6.07, 6.45) is 4.20. The largest absolute Gasteiger partial charge is 0.467 e. The van der Waals surface area contributed by atoms with Crippen molar-refractivity contribution in [2.45, 2.75) is 39.8 Å². The molecule has 31 heavy (non-hydrogen) atoms. The van der Waals surface area contributed by atoms with Crippen molar-refractivity contribution in [1.82, 2.24) is 19.9 Å². The Kier molecular flexibility index (Phi) is 5.78. The zero-order chi connectivity index (χ0) is 22.1. The number of nitrogens with two attached hydrogens (primary N) is 2. The van der Waals surface area contributed by atoms with Gasteiger partial charge in [-0.25, -0.2) is 15.0 Å². The lowest BCUT2D eigenvalue weighted by atomic mass is 9.92. The first-order valence-corrected chi connectivity index (χ1v) is 10.6. The Hall–Kier alpha value is -3.19. The number of aromatic nitrogens is 3. The predicted octanol–water partition coefficient (Wildman–Crippen LogP) is 3.78. The highest BCUT2D eigenvalue weighted by Crippen LogP contribution is 2.33. The molecule has 3 heterocycles. The second-order valence-electron chi connectivity index (χ2n) is 8.66. The fourth-order valence-corrected chi connectivity index (χ4v) is 4.17. The first-order valence-electron chi connectivity index (χ1n) is 10.6. The third-order valence-electron chi connectivity index (χ3n) is 5.79. The van der Waals surface area contributed by atoms with Crippen LogP contribution in [-0.2, 0) is 13.0 Å². The molecular weight excluding hydrogens is 388 g/mol. The molecule has 1 unspecified atom stereocenters. The van der Waals surface area contributed by atoms with Gasteiger partial charge in [-0.2, -0.15) is 0 Å². The predicted molar refractivity (Wildman–Crippen MR) is 124 cm³/mol. The van der Waals surface area contributed by atoms with Crippen LogP contribution in [0.25, 0.3) is 11.3 Å². The Balaban J connectivity index is 1.69. The molecule has 0 fully saturated rings. The third kappa shape index (κ3) is 4.46. The van der Waals surface area contributed by atoms with E-state index in [0.29, 0.717) is 11.7 Å². The number of likely N-dealkylation sites (N-methyl/N-ethyl adjacent to an activating group) is 1. The maximum atomic E-state index is 6.28. The number of hydrogen-bond donors (Lipinski definition) is 2. The van der Waals surface area contributed by atoms with Crippen LogP contribution in [0.15, 0.2) is 36.7 Å². The molecular formula is C24H30N6O. The molecule has 0 bridgehead atoms. The first kappa shape index (κ1) is 21.1. The van der Waals surface area contributed by atoms with Gasteiger partial charge in [0.2, 0.25) is 0 Å². The molecule has 3 aromatic rings. The fourth-order valence-electron chi connectivity index (χ4n) is 4.17. The van der Waals surface area contributed by atoms with E-state index < -0.39 is 0 Å². The quantitative estimate of drug-likeness (QED) is 0.650. The zero-order valence-corrected chi connectivity index (χ0v) is 18.6. The molecule has 4 rings (SSSR count). The molecule has 4 N–H and O–H groups in total. The summed E-state index contributed by atoms with van der Waals surface area (Å²) in [5, 5.41) is 0.